The fraction of sp³-hybridized carbons (Fsp3) is 0.500. The van der Waals surface area contributed by atoms with Crippen LogP contribution in [0.2, 0.25) is 0 Å². The van der Waals surface area contributed by atoms with Crippen molar-refractivity contribution in [2.75, 3.05) is 12.0 Å². The highest BCUT2D eigenvalue weighted by atomic mass is 32.2. The molecule has 1 aliphatic heterocycles. The number of hydrogen-bond donors (Lipinski definition) is 0. The Morgan fingerprint density at radius 3 is 2.05 bits per heavy atom. The van der Waals surface area contributed by atoms with Crippen molar-refractivity contribution in [3.05, 3.63) is 12.2 Å². The van der Waals surface area contributed by atoms with E-state index in [0.717, 1.165) is 18.4 Å². The summed E-state index contributed by atoms with van der Waals surface area (Å²) >= 11 is 0. The average Bonchev–Trinajstić information content (AvgIpc) is 2.62. The van der Waals surface area contributed by atoms with Crippen molar-refractivity contribution >= 4 is 33.2 Å². The molecule has 0 bridgehead atoms. The van der Waals surface area contributed by atoms with E-state index in [4.69, 9.17) is 0 Å². The molecule has 1 atom stereocenters. The van der Waals surface area contributed by atoms with Crippen molar-refractivity contribution in [1.29, 1.82) is 0 Å². The molecule has 2 amide bonds. The highest BCUT2D eigenvalue weighted by molar-refractivity contribution is 7.90. The Morgan fingerprint density at radius 1 is 1.15 bits per heavy atom. The first-order valence-corrected chi connectivity index (χ1v) is 7.93. The molecule has 20 heavy (non-hydrogen) atoms. The molecular formula is C12H15NO6S. The largest absolute Gasteiger partial charge is 0.300 e. The first-order chi connectivity index (χ1) is 9.11. The van der Waals surface area contributed by atoms with Gasteiger partial charge in [-0.05, 0) is 6.92 Å². The number of ketones is 2. The number of carbonyl (C=O) groups excluding carboxylic acids is 4. The van der Waals surface area contributed by atoms with Crippen LogP contribution in [0, 0.1) is 0 Å². The lowest BCUT2D eigenvalue weighted by Crippen LogP contribution is -2.48. The van der Waals surface area contributed by atoms with Gasteiger partial charge in [-0.1, -0.05) is 0 Å². The number of amides is 2. The van der Waals surface area contributed by atoms with E-state index in [2.05, 4.69) is 0 Å². The van der Waals surface area contributed by atoms with Gasteiger partial charge in [-0.25, -0.2) is 8.42 Å². The fourth-order valence-corrected chi connectivity index (χ4v) is 2.69. The molecule has 0 radical (unpaired) electrons. The van der Waals surface area contributed by atoms with Crippen LogP contribution >= 0.6 is 0 Å². The summed E-state index contributed by atoms with van der Waals surface area (Å²) in [7, 11) is -3.57. The minimum absolute atomic E-state index is 0.0528. The molecule has 0 aliphatic carbocycles. The monoisotopic (exact) mass is 301 g/mol. The number of Topliss-reactive ketones (excluding diaryl/α,β-unsaturated/α-hetero) is 2. The number of nitrogens with zero attached hydrogens (tertiary/aromatic N) is 1. The first kappa shape index (κ1) is 16.2. The Kier molecular flexibility index (Phi) is 4.93. The van der Waals surface area contributed by atoms with E-state index in [-0.39, 0.29) is 18.6 Å². The molecule has 110 valence electrons. The van der Waals surface area contributed by atoms with Crippen LogP contribution in [0.5, 0.6) is 0 Å². The molecule has 8 heteroatoms. The molecule has 0 aromatic heterocycles. The lowest BCUT2D eigenvalue weighted by Gasteiger charge is -2.24. The third-order valence-corrected chi connectivity index (χ3v) is 3.63. The van der Waals surface area contributed by atoms with Crippen molar-refractivity contribution in [3.8, 4) is 0 Å². The molecule has 7 nitrogen and oxygen atoms in total. The summed E-state index contributed by atoms with van der Waals surface area (Å²) < 4.78 is 22.7. The molecule has 0 aromatic carbocycles. The number of imide groups is 1. The minimum Gasteiger partial charge on any atom is -0.300 e. The molecule has 0 fully saturated rings. The summed E-state index contributed by atoms with van der Waals surface area (Å²) in [5.74, 6) is -2.92. The van der Waals surface area contributed by atoms with Gasteiger partial charge in [0, 0.05) is 31.2 Å². The second-order valence-electron chi connectivity index (χ2n) is 4.66. The number of carbonyl (C=O) groups is 4. The van der Waals surface area contributed by atoms with Crippen molar-refractivity contribution in [1.82, 2.24) is 4.90 Å². The molecule has 0 N–H and O–H groups in total. The zero-order valence-corrected chi connectivity index (χ0v) is 12.0. The van der Waals surface area contributed by atoms with Crippen LogP contribution in [-0.2, 0) is 29.0 Å². The van der Waals surface area contributed by atoms with Crippen LogP contribution in [0.4, 0.5) is 0 Å². The van der Waals surface area contributed by atoms with Gasteiger partial charge in [0.05, 0.1) is 5.75 Å². The highest BCUT2D eigenvalue weighted by Crippen LogP contribution is 2.14. The molecule has 1 heterocycles. The first-order valence-electron chi connectivity index (χ1n) is 5.87. The summed E-state index contributed by atoms with van der Waals surface area (Å²) in [4.78, 5) is 46.6. The van der Waals surface area contributed by atoms with E-state index in [9.17, 15) is 27.6 Å². The lowest BCUT2D eigenvalue weighted by atomic mass is 10.1. The van der Waals surface area contributed by atoms with E-state index in [0.29, 0.717) is 4.90 Å². The van der Waals surface area contributed by atoms with Gasteiger partial charge in [0.1, 0.15) is 21.7 Å². The Hall–Kier alpha value is -1.83. The smallest absolute Gasteiger partial charge is 0.254 e. The molecule has 0 aromatic rings. The van der Waals surface area contributed by atoms with Crippen molar-refractivity contribution < 1.29 is 27.6 Å². The number of hydrogen-bond acceptors (Lipinski definition) is 6. The van der Waals surface area contributed by atoms with Crippen LogP contribution in [0.25, 0.3) is 0 Å². The van der Waals surface area contributed by atoms with Crippen LogP contribution in [-0.4, -0.2) is 54.7 Å². The summed E-state index contributed by atoms with van der Waals surface area (Å²) in [5, 5.41) is 0. The normalized spacial score (nSPS) is 16.6. The predicted octanol–water partition coefficient (Wildman–Crippen LogP) is -0.737. The molecule has 0 spiro atoms. The predicted molar refractivity (Wildman–Crippen MR) is 69.4 cm³/mol. The van der Waals surface area contributed by atoms with E-state index < -0.39 is 39.2 Å². The molecule has 1 unspecified atom stereocenters. The van der Waals surface area contributed by atoms with Crippen LogP contribution in [0.3, 0.4) is 0 Å². The Labute approximate surface area is 116 Å². The second-order valence-corrected chi connectivity index (χ2v) is 6.84. The topological polar surface area (TPSA) is 106 Å². The van der Waals surface area contributed by atoms with Crippen LogP contribution in [0.15, 0.2) is 12.2 Å². The quantitative estimate of drug-likeness (QED) is 0.574. The van der Waals surface area contributed by atoms with Crippen LogP contribution < -0.4 is 0 Å². The maximum atomic E-state index is 12.0. The van der Waals surface area contributed by atoms with Crippen molar-refractivity contribution in [3.63, 3.8) is 0 Å². The lowest BCUT2D eigenvalue weighted by molar-refractivity contribution is -0.144. The third-order valence-electron chi connectivity index (χ3n) is 2.71. The summed E-state index contributed by atoms with van der Waals surface area (Å²) in [5.41, 5.74) is 0. The maximum Gasteiger partial charge on any atom is 0.254 e. The number of sulfone groups is 1. The average molecular weight is 301 g/mol. The maximum absolute atomic E-state index is 12.0. The highest BCUT2D eigenvalue weighted by Gasteiger charge is 2.37. The van der Waals surface area contributed by atoms with Gasteiger partial charge >= 0.3 is 0 Å². The van der Waals surface area contributed by atoms with E-state index in [1.54, 1.807) is 0 Å². The molecule has 1 rings (SSSR count). The van der Waals surface area contributed by atoms with Crippen molar-refractivity contribution in [2.24, 2.45) is 0 Å². The van der Waals surface area contributed by atoms with E-state index in [1.165, 1.54) is 6.92 Å². The van der Waals surface area contributed by atoms with Crippen molar-refractivity contribution in [2.45, 2.75) is 25.8 Å². The third kappa shape index (κ3) is 4.37. The molecule has 0 saturated heterocycles. The van der Waals surface area contributed by atoms with Gasteiger partial charge in [0.25, 0.3) is 11.8 Å². The SMILES string of the molecule is CC(=O)CCC(=O)C(CS(C)(=O)=O)N1C(=O)C=CC1=O. The van der Waals surface area contributed by atoms with Gasteiger partial charge in [-0.2, -0.15) is 0 Å². The molecule has 0 saturated carbocycles. The van der Waals surface area contributed by atoms with Gasteiger partial charge in [-0.15, -0.1) is 0 Å². The number of rotatable bonds is 7. The Morgan fingerprint density at radius 2 is 1.65 bits per heavy atom. The Balaban J connectivity index is 2.97. The van der Waals surface area contributed by atoms with Gasteiger partial charge < -0.3 is 4.79 Å². The van der Waals surface area contributed by atoms with Gasteiger partial charge in [0.2, 0.25) is 0 Å². The van der Waals surface area contributed by atoms with Gasteiger partial charge in [0.15, 0.2) is 5.78 Å². The van der Waals surface area contributed by atoms with E-state index >= 15 is 0 Å². The second kappa shape index (κ2) is 6.08. The molecule has 1 aliphatic rings. The minimum atomic E-state index is -3.57. The summed E-state index contributed by atoms with van der Waals surface area (Å²) in [6.07, 6.45) is 2.62. The zero-order valence-electron chi connectivity index (χ0n) is 11.2. The fourth-order valence-electron chi connectivity index (χ4n) is 1.78. The Bertz CT molecular complexity index is 571. The standard InChI is InChI=1S/C12H15NO6S/c1-8(14)3-4-10(15)9(7-20(2,18)19)13-11(16)5-6-12(13)17/h5-6,9H,3-4,7H2,1-2H3. The zero-order chi connectivity index (χ0) is 15.5. The summed E-state index contributed by atoms with van der Waals surface area (Å²) in [6, 6.07) is -1.38. The van der Waals surface area contributed by atoms with E-state index in [1.807, 2.05) is 0 Å². The molecular weight excluding hydrogens is 286 g/mol. The summed E-state index contributed by atoms with van der Waals surface area (Å²) in [6.45, 7) is 1.30. The van der Waals surface area contributed by atoms with Crippen LogP contribution in [0.1, 0.15) is 19.8 Å². The van der Waals surface area contributed by atoms with Gasteiger partial charge in [-0.3, -0.25) is 19.3 Å².